The van der Waals surface area contributed by atoms with Crippen LogP contribution in [0.3, 0.4) is 0 Å². The van der Waals surface area contributed by atoms with Gasteiger partial charge in [0.25, 0.3) is 0 Å². The lowest BCUT2D eigenvalue weighted by molar-refractivity contribution is -0.301. The number of fused-ring (bicyclic) bond motifs is 1. The van der Waals surface area contributed by atoms with Crippen LogP contribution >= 0.6 is 11.8 Å². The van der Waals surface area contributed by atoms with Crippen LogP contribution in [0.2, 0.25) is 0 Å². The van der Waals surface area contributed by atoms with Gasteiger partial charge in [0.15, 0.2) is 0 Å². The monoisotopic (exact) mass is 321 g/mol. The van der Waals surface area contributed by atoms with Gasteiger partial charge in [-0.05, 0) is 50.8 Å². The maximum atomic E-state index is 10.8. The molecule has 0 radical (unpaired) electrons. The van der Waals surface area contributed by atoms with Crippen molar-refractivity contribution in [3.63, 3.8) is 0 Å². The van der Waals surface area contributed by atoms with Gasteiger partial charge in [-0.3, -0.25) is 0 Å². The summed E-state index contributed by atoms with van der Waals surface area (Å²) >= 11 is 1.44. The molecule has 1 saturated carbocycles. The molecular weight excluding hydrogens is 300 g/mol. The second-order valence-electron chi connectivity index (χ2n) is 6.00. The molecule has 5 heteroatoms. The van der Waals surface area contributed by atoms with E-state index < -0.39 is 5.97 Å². The van der Waals surface area contributed by atoms with Crippen LogP contribution in [0.5, 0.6) is 11.5 Å². The smallest absolute Gasteiger partial charge is 0.124 e. The number of thioether (sulfide) groups is 1. The van der Waals surface area contributed by atoms with Crippen LogP contribution in [0.1, 0.15) is 49.8 Å². The second kappa shape index (κ2) is 6.41. The van der Waals surface area contributed by atoms with E-state index in [-0.39, 0.29) is 16.6 Å². The van der Waals surface area contributed by atoms with E-state index >= 15 is 0 Å². The first-order valence-electron chi connectivity index (χ1n) is 7.89. The fourth-order valence-corrected chi connectivity index (χ4v) is 4.62. The van der Waals surface area contributed by atoms with Crippen LogP contribution in [0, 0.1) is 0 Å². The average molecular weight is 321 g/mol. The molecule has 1 heterocycles. The van der Waals surface area contributed by atoms with Crippen molar-refractivity contribution < 1.29 is 19.4 Å². The van der Waals surface area contributed by atoms with E-state index in [1.807, 2.05) is 25.1 Å². The molecule has 0 amide bonds. The van der Waals surface area contributed by atoms with Gasteiger partial charge in [0.1, 0.15) is 17.1 Å². The first-order valence-corrected chi connectivity index (χ1v) is 8.94. The van der Waals surface area contributed by atoms with Gasteiger partial charge in [0.05, 0.1) is 12.6 Å². The van der Waals surface area contributed by atoms with Crippen molar-refractivity contribution in [2.24, 2.45) is 0 Å². The Hall–Kier alpha value is -1.36. The molecule has 1 aromatic carbocycles. The van der Waals surface area contributed by atoms with Gasteiger partial charge in [-0.15, -0.1) is 11.8 Å². The van der Waals surface area contributed by atoms with Gasteiger partial charge >= 0.3 is 0 Å². The first-order chi connectivity index (χ1) is 10.6. The van der Waals surface area contributed by atoms with E-state index in [9.17, 15) is 9.90 Å². The molecule has 1 spiro atoms. The van der Waals surface area contributed by atoms with Crippen LogP contribution in [0.4, 0.5) is 0 Å². The Kier molecular flexibility index (Phi) is 4.52. The minimum atomic E-state index is -1.01. The van der Waals surface area contributed by atoms with Crippen LogP contribution in [-0.2, 0) is 4.79 Å². The van der Waals surface area contributed by atoms with Crippen molar-refractivity contribution in [1.29, 1.82) is 0 Å². The highest BCUT2D eigenvalue weighted by atomic mass is 32.2. The Morgan fingerprint density at radius 3 is 2.91 bits per heavy atom. The Labute approximate surface area is 135 Å². The molecule has 0 aromatic heterocycles. The highest BCUT2D eigenvalue weighted by Gasteiger charge is 2.43. The van der Waals surface area contributed by atoms with E-state index in [0.717, 1.165) is 36.3 Å². The standard InChI is InChI=1S/C17H22O4S/c1-2-20-12-5-6-14-13(9-12)15(22-11-16(18)19)10-17(21-14)7-3-4-8-17/h5-6,9,15H,2-4,7-8,10-11H2,1H3,(H,18,19)/p-1. The molecule has 1 unspecified atom stereocenters. The minimum Gasteiger partial charge on any atom is -0.549 e. The Morgan fingerprint density at radius 2 is 2.23 bits per heavy atom. The highest BCUT2D eigenvalue weighted by molar-refractivity contribution is 8.00. The lowest BCUT2D eigenvalue weighted by Crippen LogP contribution is -2.38. The number of ether oxygens (including phenoxy) is 2. The maximum absolute atomic E-state index is 10.8. The molecule has 3 rings (SSSR count). The summed E-state index contributed by atoms with van der Waals surface area (Å²) < 4.78 is 11.9. The van der Waals surface area contributed by atoms with E-state index in [1.165, 1.54) is 24.6 Å². The van der Waals surface area contributed by atoms with Crippen LogP contribution in [0.25, 0.3) is 0 Å². The van der Waals surface area contributed by atoms with Crippen LogP contribution < -0.4 is 14.6 Å². The van der Waals surface area contributed by atoms with Gasteiger partial charge in [0, 0.05) is 23.0 Å². The molecule has 1 aromatic rings. The highest BCUT2D eigenvalue weighted by Crippen LogP contribution is 2.52. The predicted molar refractivity (Wildman–Crippen MR) is 84.3 cm³/mol. The third kappa shape index (κ3) is 3.19. The number of carbonyl (C=O) groups excluding carboxylic acids is 1. The van der Waals surface area contributed by atoms with E-state index in [2.05, 4.69) is 0 Å². The summed E-state index contributed by atoms with van der Waals surface area (Å²) in [5, 5.41) is 11.0. The zero-order valence-corrected chi connectivity index (χ0v) is 13.6. The summed E-state index contributed by atoms with van der Waals surface area (Å²) in [6.45, 7) is 2.56. The Morgan fingerprint density at radius 1 is 1.45 bits per heavy atom. The molecule has 2 aliphatic rings. The third-order valence-electron chi connectivity index (χ3n) is 4.44. The summed E-state index contributed by atoms with van der Waals surface area (Å²) in [6, 6.07) is 5.89. The molecule has 0 saturated heterocycles. The van der Waals surface area contributed by atoms with Gasteiger partial charge in [0.2, 0.25) is 0 Å². The fraction of sp³-hybridized carbons (Fsp3) is 0.588. The van der Waals surface area contributed by atoms with Crippen molar-refractivity contribution in [2.45, 2.75) is 49.9 Å². The summed E-state index contributed by atoms with van der Waals surface area (Å²) in [5.74, 6) is 0.692. The molecule has 22 heavy (non-hydrogen) atoms. The second-order valence-corrected chi connectivity index (χ2v) is 7.19. The molecule has 0 bridgehead atoms. The predicted octanol–water partition coefficient (Wildman–Crippen LogP) is 2.70. The lowest BCUT2D eigenvalue weighted by Gasteiger charge is -2.40. The largest absolute Gasteiger partial charge is 0.549 e. The summed E-state index contributed by atoms with van der Waals surface area (Å²) in [4.78, 5) is 10.8. The summed E-state index contributed by atoms with van der Waals surface area (Å²) in [7, 11) is 0. The normalized spacial score (nSPS) is 22.1. The molecule has 120 valence electrons. The number of aliphatic carboxylic acids is 1. The molecule has 1 atom stereocenters. The average Bonchev–Trinajstić information content (AvgIpc) is 2.93. The number of benzene rings is 1. The van der Waals surface area contributed by atoms with Crippen molar-refractivity contribution in [2.75, 3.05) is 12.4 Å². The number of hydrogen-bond donors (Lipinski definition) is 0. The number of carboxylic acids is 1. The van der Waals surface area contributed by atoms with Crippen molar-refractivity contribution in [3.8, 4) is 11.5 Å². The van der Waals surface area contributed by atoms with Crippen LogP contribution in [0.15, 0.2) is 18.2 Å². The molecule has 1 aliphatic carbocycles. The Bertz CT molecular complexity index is 552. The SMILES string of the molecule is CCOc1ccc2c(c1)C(SCC(=O)[O-])CC1(CCCC1)O2. The fourth-order valence-electron chi connectivity index (χ4n) is 3.49. The number of carbonyl (C=O) groups is 1. The zero-order chi connectivity index (χ0) is 15.6. The quantitative estimate of drug-likeness (QED) is 0.834. The number of hydrogen-bond acceptors (Lipinski definition) is 5. The molecular formula is C17H21O4S-. The first kappa shape index (κ1) is 15.5. The van der Waals surface area contributed by atoms with E-state index in [1.54, 1.807) is 0 Å². The summed E-state index contributed by atoms with van der Waals surface area (Å²) in [6.07, 6.45) is 5.35. The van der Waals surface area contributed by atoms with Gasteiger partial charge < -0.3 is 19.4 Å². The van der Waals surface area contributed by atoms with Gasteiger partial charge in [-0.2, -0.15) is 0 Å². The Balaban J connectivity index is 1.89. The lowest BCUT2D eigenvalue weighted by atomic mass is 9.89. The van der Waals surface area contributed by atoms with E-state index in [4.69, 9.17) is 9.47 Å². The zero-order valence-electron chi connectivity index (χ0n) is 12.8. The minimum absolute atomic E-state index is 0.0129. The van der Waals surface area contributed by atoms with Crippen molar-refractivity contribution >= 4 is 17.7 Å². The number of rotatable bonds is 5. The molecule has 1 aliphatic heterocycles. The van der Waals surface area contributed by atoms with Crippen molar-refractivity contribution in [1.82, 2.24) is 0 Å². The molecule has 1 fully saturated rings. The topological polar surface area (TPSA) is 58.6 Å². The van der Waals surface area contributed by atoms with Crippen LogP contribution in [-0.4, -0.2) is 23.9 Å². The molecule has 0 N–H and O–H groups in total. The number of carboxylic acid groups (broad SMARTS) is 1. The van der Waals surface area contributed by atoms with Gasteiger partial charge in [-0.25, -0.2) is 0 Å². The summed E-state index contributed by atoms with van der Waals surface area (Å²) in [5.41, 5.74) is 0.943. The van der Waals surface area contributed by atoms with Crippen molar-refractivity contribution in [3.05, 3.63) is 23.8 Å². The molecule has 4 nitrogen and oxygen atoms in total. The van der Waals surface area contributed by atoms with E-state index in [0.29, 0.717) is 6.61 Å². The third-order valence-corrected chi connectivity index (χ3v) is 5.67. The van der Waals surface area contributed by atoms with Gasteiger partial charge in [-0.1, -0.05) is 0 Å². The maximum Gasteiger partial charge on any atom is 0.124 e.